The highest BCUT2D eigenvalue weighted by atomic mass is 16.5. The van der Waals surface area contributed by atoms with Gasteiger partial charge in [0.05, 0.1) is 18.0 Å². The highest BCUT2D eigenvalue weighted by molar-refractivity contribution is 5.55. The maximum absolute atomic E-state index is 9.03. The normalized spacial score (nSPS) is 29.7. The molecule has 4 heteroatoms. The second-order valence-electron chi connectivity index (χ2n) is 5.46. The van der Waals surface area contributed by atoms with E-state index in [1.54, 1.807) is 6.07 Å². The van der Waals surface area contributed by atoms with Crippen molar-refractivity contribution in [2.75, 3.05) is 12.3 Å². The Kier molecular flexibility index (Phi) is 2.62. The molecular weight excluding hydrogens is 226 g/mol. The third-order valence-corrected chi connectivity index (χ3v) is 4.35. The number of anilines is 1. The SMILES string of the molecule is CC1c2nc(C#N)c(N)cc2OC[C@@H]2CCC1C2. The summed E-state index contributed by atoms with van der Waals surface area (Å²) >= 11 is 0. The zero-order valence-corrected chi connectivity index (χ0v) is 10.5. The van der Waals surface area contributed by atoms with Crippen molar-refractivity contribution in [1.82, 2.24) is 4.98 Å². The lowest BCUT2D eigenvalue weighted by atomic mass is 9.87. The van der Waals surface area contributed by atoms with Gasteiger partial charge in [-0.1, -0.05) is 6.92 Å². The number of ether oxygens (including phenoxy) is 1. The fourth-order valence-electron chi connectivity index (χ4n) is 3.21. The van der Waals surface area contributed by atoms with Crippen molar-refractivity contribution < 1.29 is 4.74 Å². The van der Waals surface area contributed by atoms with Gasteiger partial charge < -0.3 is 10.5 Å². The summed E-state index contributed by atoms with van der Waals surface area (Å²) in [6, 6.07) is 3.82. The van der Waals surface area contributed by atoms with Crippen LogP contribution in [0.5, 0.6) is 5.75 Å². The zero-order chi connectivity index (χ0) is 12.7. The first-order valence-electron chi connectivity index (χ1n) is 6.52. The van der Waals surface area contributed by atoms with Gasteiger partial charge in [-0.05, 0) is 31.1 Å². The van der Waals surface area contributed by atoms with Crippen LogP contribution < -0.4 is 10.5 Å². The van der Waals surface area contributed by atoms with Gasteiger partial charge in [0.2, 0.25) is 0 Å². The van der Waals surface area contributed by atoms with E-state index in [4.69, 9.17) is 15.7 Å². The Labute approximate surface area is 107 Å². The molecular formula is C14H17N3O. The van der Waals surface area contributed by atoms with Gasteiger partial charge in [-0.3, -0.25) is 0 Å². The fraction of sp³-hybridized carbons (Fsp3) is 0.571. The third kappa shape index (κ3) is 1.71. The molecule has 2 N–H and O–H groups in total. The Morgan fingerprint density at radius 1 is 1.50 bits per heavy atom. The second-order valence-corrected chi connectivity index (χ2v) is 5.46. The molecule has 0 saturated heterocycles. The van der Waals surface area contributed by atoms with Crippen LogP contribution in [0.25, 0.3) is 0 Å². The van der Waals surface area contributed by atoms with E-state index in [0.717, 1.165) is 18.1 Å². The molecule has 0 spiro atoms. The molecule has 1 fully saturated rings. The molecule has 0 aromatic carbocycles. The van der Waals surface area contributed by atoms with E-state index in [2.05, 4.69) is 18.0 Å². The van der Waals surface area contributed by atoms with Crippen LogP contribution in [-0.4, -0.2) is 11.6 Å². The second kappa shape index (κ2) is 4.16. The van der Waals surface area contributed by atoms with Crippen LogP contribution in [-0.2, 0) is 0 Å². The maximum atomic E-state index is 9.03. The van der Waals surface area contributed by atoms with E-state index >= 15 is 0 Å². The molecule has 0 radical (unpaired) electrons. The van der Waals surface area contributed by atoms with Crippen molar-refractivity contribution >= 4 is 5.69 Å². The molecule has 2 heterocycles. The Morgan fingerprint density at radius 3 is 3.11 bits per heavy atom. The smallest absolute Gasteiger partial charge is 0.163 e. The molecule has 3 atom stereocenters. The van der Waals surface area contributed by atoms with Gasteiger partial charge in [0.1, 0.15) is 11.8 Å². The Bertz CT molecular complexity index is 521. The van der Waals surface area contributed by atoms with Crippen LogP contribution in [0.15, 0.2) is 6.07 Å². The zero-order valence-electron chi connectivity index (χ0n) is 10.5. The molecule has 2 unspecified atom stereocenters. The van der Waals surface area contributed by atoms with Crippen molar-refractivity contribution in [3.8, 4) is 11.8 Å². The number of nitrogen functional groups attached to an aromatic ring is 1. The number of nitriles is 1. The van der Waals surface area contributed by atoms with Gasteiger partial charge in [0, 0.05) is 12.0 Å². The molecule has 18 heavy (non-hydrogen) atoms. The summed E-state index contributed by atoms with van der Waals surface area (Å²) in [5, 5.41) is 9.03. The summed E-state index contributed by atoms with van der Waals surface area (Å²) in [6.07, 6.45) is 3.70. The minimum Gasteiger partial charge on any atom is -0.491 e. The molecule has 1 aliphatic carbocycles. The largest absolute Gasteiger partial charge is 0.491 e. The standard InChI is InChI=1S/C14H17N3O/c1-8-10-3-2-9(4-10)7-18-13-5-11(16)12(6-15)17-14(8)13/h5,8-10H,2-4,7,16H2,1H3/t8?,9-,10?/m1/s1. The molecule has 2 bridgehead atoms. The average Bonchev–Trinajstić information content (AvgIpc) is 2.84. The first kappa shape index (κ1) is 11.3. The van der Waals surface area contributed by atoms with Crippen molar-refractivity contribution in [3.63, 3.8) is 0 Å². The van der Waals surface area contributed by atoms with Gasteiger partial charge in [0.25, 0.3) is 0 Å². The minimum atomic E-state index is 0.319. The lowest BCUT2D eigenvalue weighted by Gasteiger charge is -2.25. The molecule has 94 valence electrons. The van der Waals surface area contributed by atoms with Crippen molar-refractivity contribution in [2.45, 2.75) is 32.1 Å². The number of hydrogen-bond donors (Lipinski definition) is 1. The molecule has 1 aromatic rings. The van der Waals surface area contributed by atoms with E-state index in [1.165, 1.54) is 19.3 Å². The number of aromatic nitrogens is 1. The first-order valence-corrected chi connectivity index (χ1v) is 6.52. The summed E-state index contributed by atoms with van der Waals surface area (Å²) in [7, 11) is 0. The van der Waals surface area contributed by atoms with Crippen LogP contribution in [0.1, 0.15) is 43.5 Å². The van der Waals surface area contributed by atoms with Gasteiger partial charge >= 0.3 is 0 Å². The van der Waals surface area contributed by atoms with E-state index in [-0.39, 0.29) is 0 Å². The van der Waals surface area contributed by atoms with Crippen LogP contribution in [0.3, 0.4) is 0 Å². The number of nitrogens with zero attached hydrogens (tertiary/aromatic N) is 2. The summed E-state index contributed by atoms with van der Waals surface area (Å²) in [4.78, 5) is 4.42. The molecule has 1 aromatic heterocycles. The lowest BCUT2D eigenvalue weighted by molar-refractivity contribution is 0.229. The Morgan fingerprint density at radius 2 is 2.33 bits per heavy atom. The summed E-state index contributed by atoms with van der Waals surface area (Å²) in [6.45, 7) is 2.94. The van der Waals surface area contributed by atoms with E-state index in [0.29, 0.717) is 29.1 Å². The van der Waals surface area contributed by atoms with Gasteiger partial charge in [0.15, 0.2) is 5.69 Å². The molecule has 3 rings (SSSR count). The molecule has 1 aliphatic heterocycles. The van der Waals surface area contributed by atoms with Gasteiger partial charge in [-0.25, -0.2) is 4.98 Å². The maximum Gasteiger partial charge on any atom is 0.163 e. The highest BCUT2D eigenvalue weighted by Gasteiger charge is 2.34. The van der Waals surface area contributed by atoms with Crippen molar-refractivity contribution in [3.05, 3.63) is 17.5 Å². The highest BCUT2D eigenvalue weighted by Crippen LogP contribution is 2.44. The molecule has 4 nitrogen and oxygen atoms in total. The summed E-state index contributed by atoms with van der Waals surface area (Å²) < 4.78 is 5.86. The average molecular weight is 243 g/mol. The number of nitrogens with two attached hydrogens (primary N) is 1. The van der Waals surface area contributed by atoms with Crippen LogP contribution in [0.2, 0.25) is 0 Å². The number of hydrogen-bond acceptors (Lipinski definition) is 4. The number of rotatable bonds is 0. The predicted octanol–water partition coefficient (Wildman–Crippen LogP) is 2.45. The quantitative estimate of drug-likeness (QED) is 0.759. The number of pyridine rings is 1. The van der Waals surface area contributed by atoms with Crippen molar-refractivity contribution in [1.29, 1.82) is 5.26 Å². The van der Waals surface area contributed by atoms with Gasteiger partial charge in [-0.2, -0.15) is 5.26 Å². The topological polar surface area (TPSA) is 71.9 Å². The molecule has 1 saturated carbocycles. The Balaban J connectivity index is 2.08. The predicted molar refractivity (Wildman–Crippen MR) is 68.1 cm³/mol. The molecule has 2 aliphatic rings. The minimum absolute atomic E-state index is 0.319. The van der Waals surface area contributed by atoms with Crippen molar-refractivity contribution in [2.24, 2.45) is 11.8 Å². The third-order valence-electron chi connectivity index (χ3n) is 4.35. The van der Waals surface area contributed by atoms with E-state index < -0.39 is 0 Å². The first-order chi connectivity index (χ1) is 8.69. The Hall–Kier alpha value is -1.76. The fourth-order valence-corrected chi connectivity index (χ4v) is 3.21. The lowest BCUT2D eigenvalue weighted by Crippen LogP contribution is -2.18. The monoisotopic (exact) mass is 243 g/mol. The van der Waals surface area contributed by atoms with Gasteiger partial charge in [-0.15, -0.1) is 0 Å². The summed E-state index contributed by atoms with van der Waals surface area (Å²) in [5.74, 6) is 2.45. The van der Waals surface area contributed by atoms with E-state index in [1.807, 2.05) is 0 Å². The van der Waals surface area contributed by atoms with Crippen LogP contribution >= 0.6 is 0 Å². The summed E-state index contributed by atoms with van der Waals surface area (Å²) in [5.41, 5.74) is 7.45. The van der Waals surface area contributed by atoms with E-state index in [9.17, 15) is 0 Å². The molecule has 0 amide bonds. The number of fused-ring (bicyclic) bond motifs is 3. The van der Waals surface area contributed by atoms with Crippen LogP contribution in [0.4, 0.5) is 5.69 Å². The van der Waals surface area contributed by atoms with Crippen LogP contribution in [0, 0.1) is 23.2 Å².